The van der Waals surface area contributed by atoms with Crippen LogP contribution >= 0.6 is 23.7 Å². The van der Waals surface area contributed by atoms with E-state index < -0.39 is 23.6 Å². The van der Waals surface area contributed by atoms with Crippen LogP contribution in [0.25, 0.3) is 0 Å². The third-order valence-electron chi connectivity index (χ3n) is 5.77. The zero-order chi connectivity index (χ0) is 21.8. The summed E-state index contributed by atoms with van der Waals surface area (Å²) in [4.78, 5) is 0. The monoisotopic (exact) mass is 468 g/mol. The van der Waals surface area contributed by atoms with Crippen molar-refractivity contribution in [1.29, 1.82) is 0 Å². The van der Waals surface area contributed by atoms with Crippen LogP contribution in [0.15, 0.2) is 42.5 Å². The summed E-state index contributed by atoms with van der Waals surface area (Å²) < 4.78 is 30.3. The molecule has 2 aliphatic heterocycles. The van der Waals surface area contributed by atoms with Crippen molar-refractivity contribution >= 4 is 23.7 Å². The fourth-order valence-corrected chi connectivity index (χ4v) is 4.74. The van der Waals surface area contributed by atoms with Gasteiger partial charge >= 0.3 is 0 Å². The van der Waals surface area contributed by atoms with Gasteiger partial charge in [0.15, 0.2) is 0 Å². The Kier molecular flexibility index (Phi) is 7.74. The number of hydrogen-bond acceptors (Lipinski definition) is 6. The smallest absolute Gasteiger partial charge is 0.124 e. The first kappa shape index (κ1) is 22.8. The first-order valence-corrected chi connectivity index (χ1v) is 11.6. The molecule has 0 amide bonds. The second-order valence-electron chi connectivity index (χ2n) is 7.98. The van der Waals surface area contributed by atoms with Crippen molar-refractivity contribution in [3.8, 4) is 5.75 Å². The summed E-state index contributed by atoms with van der Waals surface area (Å²) in [5.41, 5.74) is 2.86. The van der Waals surface area contributed by atoms with Crippen molar-refractivity contribution in [2.75, 3.05) is 19.8 Å². The van der Waals surface area contributed by atoms with Gasteiger partial charge in [0, 0.05) is 17.9 Å². The Morgan fingerprint density at radius 3 is 2.68 bits per heavy atom. The maximum absolute atomic E-state index is 13.1. The number of ether oxygens (including phenoxy) is 3. The molecule has 2 N–H and O–H groups in total. The van der Waals surface area contributed by atoms with Gasteiger partial charge in [0.05, 0.1) is 55.5 Å². The lowest BCUT2D eigenvalue weighted by Gasteiger charge is -2.37. The van der Waals surface area contributed by atoms with Gasteiger partial charge in [-0.25, -0.2) is 0 Å². The van der Waals surface area contributed by atoms with E-state index in [1.165, 1.54) is 0 Å². The van der Waals surface area contributed by atoms with Crippen molar-refractivity contribution in [2.45, 2.75) is 48.9 Å². The molecule has 0 aromatic heterocycles. The van der Waals surface area contributed by atoms with Crippen molar-refractivity contribution in [2.24, 2.45) is 0 Å². The van der Waals surface area contributed by atoms with Gasteiger partial charge < -0.3 is 24.4 Å². The highest BCUT2D eigenvalue weighted by Crippen LogP contribution is 2.38. The molecule has 2 aromatic carbocycles. The second kappa shape index (κ2) is 10.5. The molecule has 0 radical (unpaired) electrons. The molecule has 0 unspecified atom stereocenters. The Morgan fingerprint density at radius 1 is 1.19 bits per heavy atom. The van der Waals surface area contributed by atoms with E-state index in [-0.39, 0.29) is 31.3 Å². The second-order valence-corrected chi connectivity index (χ2v) is 9.11. The van der Waals surface area contributed by atoms with Crippen LogP contribution in [-0.4, -0.2) is 53.6 Å². The number of benzene rings is 2. The molecule has 5 atom stereocenters. The summed E-state index contributed by atoms with van der Waals surface area (Å²) >= 11 is 6.47. The van der Waals surface area contributed by atoms with Gasteiger partial charge in [-0.1, -0.05) is 35.9 Å². The first-order chi connectivity index (χ1) is 15.1. The number of halogens is 2. The Balaban J connectivity index is 1.45. The lowest BCUT2D eigenvalue weighted by molar-refractivity contribution is -0.109. The normalized spacial score (nSPS) is 28.6. The topological polar surface area (TPSA) is 68.2 Å². The number of aliphatic hydroxyl groups excluding tert-OH is 2. The van der Waals surface area contributed by atoms with Crippen LogP contribution in [0.4, 0.5) is 3.89 Å². The molecule has 5 nitrogen and oxygen atoms in total. The van der Waals surface area contributed by atoms with Crippen LogP contribution < -0.4 is 4.74 Å². The van der Waals surface area contributed by atoms with Crippen LogP contribution in [0.1, 0.15) is 35.6 Å². The minimum atomic E-state index is -0.900. The SMILES string of the molecule is OC[C@H]1O[C@@H](c2ccc(Cl)c(Cc3ccc(O[C@@H]4CCOC4)cc3)c2)C[C@@H](O)[C@@H]1SF. The van der Waals surface area contributed by atoms with Crippen molar-refractivity contribution < 1.29 is 28.3 Å². The van der Waals surface area contributed by atoms with E-state index in [1.54, 1.807) is 0 Å². The Labute approximate surface area is 190 Å². The van der Waals surface area contributed by atoms with E-state index in [4.69, 9.17) is 25.8 Å². The largest absolute Gasteiger partial charge is 0.488 e. The number of hydrogen-bond donors (Lipinski definition) is 2. The van der Waals surface area contributed by atoms with Gasteiger partial charge in [0.1, 0.15) is 11.9 Å². The highest BCUT2D eigenvalue weighted by molar-refractivity contribution is 7.95. The summed E-state index contributed by atoms with van der Waals surface area (Å²) in [7, 11) is 0. The van der Waals surface area contributed by atoms with Crippen LogP contribution in [-0.2, 0) is 15.9 Å². The quantitative estimate of drug-likeness (QED) is 0.632. The molecule has 2 saturated heterocycles. The Morgan fingerprint density at radius 2 is 2.00 bits per heavy atom. The summed E-state index contributed by atoms with van der Waals surface area (Å²) in [5.74, 6) is 0.819. The van der Waals surface area contributed by atoms with E-state index >= 15 is 0 Å². The zero-order valence-corrected chi connectivity index (χ0v) is 18.5. The summed E-state index contributed by atoms with van der Waals surface area (Å²) in [5, 5.41) is 19.7. The van der Waals surface area contributed by atoms with E-state index in [0.717, 1.165) is 35.5 Å². The molecule has 2 aromatic rings. The van der Waals surface area contributed by atoms with Gasteiger partial charge in [-0.2, -0.15) is 3.89 Å². The Hall–Kier alpha value is -1.35. The maximum Gasteiger partial charge on any atom is 0.124 e. The van der Waals surface area contributed by atoms with Crippen LogP contribution in [0.5, 0.6) is 5.75 Å². The molecule has 0 bridgehead atoms. The Bertz CT molecular complexity index is 862. The van der Waals surface area contributed by atoms with Crippen LogP contribution in [0.2, 0.25) is 5.02 Å². The van der Waals surface area contributed by atoms with Gasteiger partial charge in [-0.05, 0) is 41.3 Å². The summed E-state index contributed by atoms with van der Waals surface area (Å²) in [6.45, 7) is 1.02. The fraction of sp³-hybridized carbons (Fsp3) is 0.478. The van der Waals surface area contributed by atoms with Crippen molar-refractivity contribution in [3.05, 3.63) is 64.2 Å². The van der Waals surface area contributed by atoms with E-state index in [2.05, 4.69) is 0 Å². The summed E-state index contributed by atoms with van der Waals surface area (Å²) in [6, 6.07) is 13.5. The average molecular weight is 469 g/mol. The maximum atomic E-state index is 13.1. The number of rotatable bonds is 7. The number of aliphatic hydroxyl groups is 2. The lowest BCUT2D eigenvalue weighted by Crippen LogP contribution is -2.45. The minimum Gasteiger partial charge on any atom is -0.488 e. The summed E-state index contributed by atoms with van der Waals surface area (Å²) in [6.07, 6.45) is -0.193. The predicted octanol–water partition coefficient (Wildman–Crippen LogP) is 4.27. The van der Waals surface area contributed by atoms with Gasteiger partial charge in [-0.15, -0.1) is 0 Å². The van der Waals surface area contributed by atoms with Crippen molar-refractivity contribution in [1.82, 2.24) is 0 Å². The standard InChI is InChI=1S/C23H26ClFO5S/c24-19-6-3-15(21-11-20(27)23(31-25)22(12-26)30-21)10-16(19)9-14-1-4-17(5-2-14)29-18-7-8-28-13-18/h1-6,10,18,20-23,26-27H,7-9,11-13H2/t18-,20-,21-,22-,23+/m1/s1. The fourth-order valence-electron chi connectivity index (χ4n) is 4.06. The van der Waals surface area contributed by atoms with E-state index in [0.29, 0.717) is 18.1 Å². The molecule has 4 rings (SSSR count). The van der Waals surface area contributed by atoms with Gasteiger partial charge in [0.25, 0.3) is 0 Å². The first-order valence-electron chi connectivity index (χ1n) is 10.4. The molecule has 8 heteroatoms. The molecule has 0 saturated carbocycles. The molecule has 0 aliphatic carbocycles. The molecule has 31 heavy (non-hydrogen) atoms. The lowest BCUT2D eigenvalue weighted by atomic mass is 9.93. The van der Waals surface area contributed by atoms with E-state index in [1.807, 2.05) is 42.5 Å². The molecular formula is C23H26ClFO5S. The molecule has 2 fully saturated rings. The third kappa shape index (κ3) is 5.53. The molecular weight excluding hydrogens is 443 g/mol. The highest BCUT2D eigenvalue weighted by atomic mass is 35.5. The molecule has 2 aliphatic rings. The molecule has 2 heterocycles. The molecule has 0 spiro atoms. The third-order valence-corrected chi connectivity index (χ3v) is 6.97. The van der Waals surface area contributed by atoms with Gasteiger partial charge in [-0.3, -0.25) is 0 Å². The van der Waals surface area contributed by atoms with Crippen LogP contribution in [0, 0.1) is 0 Å². The van der Waals surface area contributed by atoms with Crippen molar-refractivity contribution in [3.63, 3.8) is 0 Å². The highest BCUT2D eigenvalue weighted by Gasteiger charge is 2.39. The van der Waals surface area contributed by atoms with E-state index in [9.17, 15) is 14.1 Å². The average Bonchev–Trinajstić information content (AvgIpc) is 3.29. The molecule has 168 valence electrons. The zero-order valence-electron chi connectivity index (χ0n) is 17.0. The van der Waals surface area contributed by atoms with Gasteiger partial charge in [0.2, 0.25) is 0 Å². The predicted molar refractivity (Wildman–Crippen MR) is 118 cm³/mol. The minimum absolute atomic E-state index is 0.0287. The van der Waals surface area contributed by atoms with Crippen LogP contribution in [0.3, 0.4) is 0 Å².